The summed E-state index contributed by atoms with van der Waals surface area (Å²) in [6, 6.07) is 0. The molecule has 37 heteroatoms. The van der Waals surface area contributed by atoms with Gasteiger partial charge in [0, 0.05) is 181 Å². The molecule has 7 atom stereocenters. The molecule has 0 spiro atoms. The van der Waals surface area contributed by atoms with E-state index in [9.17, 15) is 86.3 Å². The number of nitrogens with zero attached hydrogens (tertiary/aromatic N) is 3. The van der Waals surface area contributed by atoms with Crippen LogP contribution < -0.4 is 5.32 Å². The molecule has 114 heavy (non-hydrogen) atoms. The lowest BCUT2D eigenvalue weighted by Crippen LogP contribution is -2.38. The fourth-order valence-corrected chi connectivity index (χ4v) is 10.1. The van der Waals surface area contributed by atoms with Crippen molar-refractivity contribution >= 4 is 107 Å². The predicted molar refractivity (Wildman–Crippen MR) is 394 cm³/mol. The lowest BCUT2D eigenvalue weighted by molar-refractivity contribution is -0.155. The first kappa shape index (κ1) is 99.8. The smallest absolute Gasteiger partial charge is 0.332 e. The summed E-state index contributed by atoms with van der Waals surface area (Å²) in [6.45, 7) is 20.2. The van der Waals surface area contributed by atoms with Crippen LogP contribution in [0.1, 0.15) is 137 Å². The summed E-state index contributed by atoms with van der Waals surface area (Å²) in [5.41, 5.74) is 2.77. The number of esters is 13. The number of nitrogens with one attached hydrogen (secondary N) is 1. The number of rotatable bonds is 27. The van der Waals surface area contributed by atoms with Crippen molar-refractivity contribution in [3.8, 4) is 0 Å². The number of likely N-dealkylation sites (tertiary alicyclic amines) is 3. The number of amides is 1. The lowest BCUT2D eigenvalue weighted by atomic mass is 10.3. The maximum atomic E-state index is 11.6. The van der Waals surface area contributed by atoms with Crippen LogP contribution in [-0.4, -0.2) is 245 Å². The number of carboxylic acids is 1. The van der Waals surface area contributed by atoms with Crippen molar-refractivity contribution in [2.45, 2.75) is 186 Å². The molecule has 7 aliphatic rings. The molecule has 7 rings (SSSR count). The zero-order valence-corrected chi connectivity index (χ0v) is 65.5. The Hall–Kier alpha value is -12.2. The number of hydrogen-bond donors (Lipinski definition) is 2. The van der Waals surface area contributed by atoms with Gasteiger partial charge in [-0.05, 0) is 85.5 Å². The average Bonchev–Trinajstić information content (AvgIpc) is 1.75. The molecular formula is C77H102N4O33. The van der Waals surface area contributed by atoms with Gasteiger partial charge in [0.05, 0.1) is 47.8 Å². The number of ether oxygens (including phenoxy) is 14. The molecule has 0 bridgehead atoms. The van der Waals surface area contributed by atoms with Crippen molar-refractivity contribution in [3.05, 3.63) is 122 Å². The van der Waals surface area contributed by atoms with Crippen LogP contribution in [0, 0.1) is 0 Å². The SMILES string of the molecule is C=C1CCC(OC(=O)/C=C/C(=O)OC)N1C.C=C1CCC(OC(=O)/C=C/C(=O)OC)N1CC.C=C1CC[C@@H](OC(=O)/C=C/C(=O)OC)N1.CC(C)OC(=O)/C=C/C(=O)OC1CCCC1=O.CCOC(=O)/C=C/C(=O)OC1CCCC1=O.COCCN1C(=O)CCC1OC(=O)/C=C/C(=O)OC.O=C(O)/C=C/C(=O)OC1CCCC1=O. The third-order valence-corrected chi connectivity index (χ3v) is 15.7. The van der Waals surface area contributed by atoms with E-state index in [1.807, 2.05) is 23.8 Å². The maximum absolute atomic E-state index is 11.6. The Kier molecular flexibility index (Phi) is 49.1. The van der Waals surface area contributed by atoms with Crippen LogP contribution in [0.15, 0.2) is 122 Å². The number of carbonyl (C=O) groups is 18. The summed E-state index contributed by atoms with van der Waals surface area (Å²) in [5, 5.41) is 11.1. The number of Topliss-reactive ketones (excluding diaryl/α,β-unsaturated/α-hetero) is 3. The van der Waals surface area contributed by atoms with Crippen molar-refractivity contribution in [1.82, 2.24) is 20.0 Å². The van der Waals surface area contributed by atoms with E-state index in [1.54, 1.807) is 20.8 Å². The van der Waals surface area contributed by atoms with Gasteiger partial charge in [0.1, 0.15) is 0 Å². The second kappa shape index (κ2) is 56.1. The summed E-state index contributed by atoms with van der Waals surface area (Å²) < 4.78 is 66.6. The van der Waals surface area contributed by atoms with Gasteiger partial charge >= 0.3 is 83.6 Å². The average molecular weight is 1610 g/mol. The molecule has 0 radical (unpaired) electrons. The summed E-state index contributed by atoms with van der Waals surface area (Å²) in [5.74, 6) is -9.63. The Morgan fingerprint density at radius 2 is 0.772 bits per heavy atom. The highest BCUT2D eigenvalue weighted by atomic mass is 16.6. The molecule has 4 saturated heterocycles. The first-order valence-corrected chi connectivity index (χ1v) is 35.8. The topological polar surface area (TPSA) is 478 Å². The molecule has 0 aromatic heterocycles. The first-order chi connectivity index (χ1) is 54.0. The number of allylic oxidation sites excluding steroid dienone is 3. The van der Waals surface area contributed by atoms with Crippen LogP contribution in [0.25, 0.3) is 0 Å². The number of aliphatic carboxylic acids is 1. The van der Waals surface area contributed by atoms with Crippen molar-refractivity contribution in [3.63, 3.8) is 0 Å². The number of carbonyl (C=O) groups excluding carboxylic acids is 17. The Labute approximate surface area is 659 Å². The Morgan fingerprint density at radius 3 is 1.11 bits per heavy atom. The molecule has 0 aromatic rings. The van der Waals surface area contributed by atoms with E-state index in [2.05, 4.69) is 48.7 Å². The Morgan fingerprint density at radius 1 is 0.421 bits per heavy atom. The molecule has 1 amide bonds. The highest BCUT2D eigenvalue weighted by Gasteiger charge is 2.34. The van der Waals surface area contributed by atoms with Gasteiger partial charge < -0.3 is 91.4 Å². The lowest BCUT2D eigenvalue weighted by Gasteiger charge is -2.24. The Balaban J connectivity index is 0.000000666. The Bertz CT molecular complexity index is 3620. The first-order valence-electron chi connectivity index (χ1n) is 35.8. The summed E-state index contributed by atoms with van der Waals surface area (Å²) in [4.78, 5) is 204. The molecule has 4 heterocycles. The molecule has 6 unspecified atom stereocenters. The van der Waals surface area contributed by atoms with Gasteiger partial charge in [-0.15, -0.1) is 0 Å². The summed E-state index contributed by atoms with van der Waals surface area (Å²) in [6.07, 6.45) is 20.5. The van der Waals surface area contributed by atoms with Crippen LogP contribution in [0.3, 0.4) is 0 Å². The van der Waals surface area contributed by atoms with E-state index >= 15 is 0 Å². The fourth-order valence-electron chi connectivity index (χ4n) is 10.1. The van der Waals surface area contributed by atoms with Gasteiger partial charge in [-0.3, -0.25) is 19.2 Å². The number of carboxylic acid groups (broad SMARTS) is 1. The summed E-state index contributed by atoms with van der Waals surface area (Å²) in [7, 11) is 8.28. The number of hydrogen-bond acceptors (Lipinski definition) is 35. The molecule has 7 fully saturated rings. The largest absolute Gasteiger partial charge is 0.478 e. The quantitative estimate of drug-likeness (QED) is 0.0644. The van der Waals surface area contributed by atoms with Crippen LogP contribution in [0.2, 0.25) is 0 Å². The van der Waals surface area contributed by atoms with Crippen molar-refractivity contribution < 1.29 is 158 Å². The van der Waals surface area contributed by atoms with Crippen molar-refractivity contribution in [2.24, 2.45) is 0 Å². The predicted octanol–water partition coefficient (Wildman–Crippen LogP) is 4.60. The highest BCUT2D eigenvalue weighted by molar-refractivity contribution is 5.97. The van der Waals surface area contributed by atoms with E-state index in [-0.39, 0.29) is 54.7 Å². The standard InChI is InChI=1S/C12H17NO6.C12H17NO4.C12H16O5.C11H15NO4.C11H14O5.C10H13NO4.C9H10O5/c1-17-8-7-13-9(14)3-4-10(13)19-12(16)6-5-11(15)18-2;1-4-13-9(2)5-6-10(13)17-12(15)8-7-11(14)16-3;1-8(2)16-11(14)6-7-12(15)17-10-5-3-4-9(10)13;1-8-4-5-9(12(8)2)16-11(14)7-6-10(13)15-3;1-2-15-10(13)6-7-11(14)16-9-5-3-4-8(9)12;1-7-3-4-8(11-7)15-10(13)6-5-9(12)14-2;10-6-2-1-3-7(6)14-9(13)5-4-8(11)12/h5-6,10H,3-4,7-8H2,1-2H3;7-8,10H,2,4-6H2,1,3H3;6-8,10H,3-5H2,1-2H3;6-7,9H,1,4-5H2,2-3H3;6-7,9H,2-5H2,1H3;5-6,8,11H,1,3-4H2,2H3;4-5,7H,1-3H2,(H,11,12)/b6-5+;8-7+;3*7-6+;6-5+;5-4+/t;;;;;8-;/m.....1./s1. The second-order valence-electron chi connectivity index (χ2n) is 24.5. The minimum Gasteiger partial charge on any atom is -0.478 e. The van der Waals surface area contributed by atoms with Crippen LogP contribution in [0.4, 0.5) is 0 Å². The van der Waals surface area contributed by atoms with Crippen LogP contribution >= 0.6 is 0 Å². The highest BCUT2D eigenvalue weighted by Crippen LogP contribution is 2.28. The van der Waals surface area contributed by atoms with Gasteiger partial charge in [-0.2, -0.15) is 0 Å². The molecule has 4 aliphatic heterocycles. The van der Waals surface area contributed by atoms with Crippen LogP contribution in [0.5, 0.6) is 0 Å². The second-order valence-corrected chi connectivity index (χ2v) is 24.5. The van der Waals surface area contributed by atoms with E-state index in [0.29, 0.717) is 77.0 Å². The zero-order chi connectivity index (χ0) is 85.8. The van der Waals surface area contributed by atoms with Crippen molar-refractivity contribution in [2.75, 3.05) is 68.9 Å². The molecule has 3 saturated carbocycles. The van der Waals surface area contributed by atoms with E-state index in [1.165, 1.54) is 40.4 Å². The molecular weight excluding hydrogens is 1510 g/mol. The monoisotopic (exact) mass is 1610 g/mol. The van der Waals surface area contributed by atoms with E-state index in [4.69, 9.17) is 47.7 Å². The fraction of sp³-hybridized carbons (Fsp3) is 0.506. The van der Waals surface area contributed by atoms with E-state index in [0.717, 1.165) is 154 Å². The minimum absolute atomic E-state index is 0.0575. The number of methoxy groups -OCH3 is 5. The molecule has 2 N–H and O–H groups in total. The maximum Gasteiger partial charge on any atom is 0.332 e. The molecule has 0 aromatic carbocycles. The van der Waals surface area contributed by atoms with Gasteiger partial charge in [0.2, 0.25) is 5.91 Å². The van der Waals surface area contributed by atoms with Crippen molar-refractivity contribution in [1.29, 1.82) is 0 Å². The van der Waals surface area contributed by atoms with Crippen LogP contribution in [-0.2, 0) is 153 Å². The van der Waals surface area contributed by atoms with Gasteiger partial charge in [0.15, 0.2) is 60.6 Å². The zero-order valence-electron chi connectivity index (χ0n) is 65.5. The van der Waals surface area contributed by atoms with E-state index < -0.39 is 108 Å². The third-order valence-electron chi connectivity index (χ3n) is 15.7. The number of ketones is 3. The normalized spacial score (nSPS) is 20.0. The van der Waals surface area contributed by atoms with Gasteiger partial charge in [0.25, 0.3) is 0 Å². The molecule has 3 aliphatic carbocycles. The van der Waals surface area contributed by atoms with Gasteiger partial charge in [-0.25, -0.2) is 67.1 Å². The third kappa shape index (κ3) is 43.4. The van der Waals surface area contributed by atoms with Gasteiger partial charge in [-0.1, -0.05) is 19.7 Å². The summed E-state index contributed by atoms with van der Waals surface area (Å²) >= 11 is 0. The molecule has 37 nitrogen and oxygen atoms in total. The molecule has 628 valence electrons. The minimum atomic E-state index is -1.22.